The monoisotopic (exact) mass is 530 g/mol. The van der Waals surface area contributed by atoms with Crippen molar-refractivity contribution in [1.82, 2.24) is 20.5 Å². The first-order valence-electron chi connectivity index (χ1n) is 12.7. The summed E-state index contributed by atoms with van der Waals surface area (Å²) in [7, 11) is 0. The molecule has 3 N–H and O–H groups in total. The molecule has 0 aliphatic carbocycles. The number of ketones is 1. The molecule has 2 aromatic rings. The highest BCUT2D eigenvalue weighted by atomic mass is 35.5. The van der Waals surface area contributed by atoms with Crippen molar-refractivity contribution in [3.05, 3.63) is 35.5 Å². The van der Waals surface area contributed by atoms with Gasteiger partial charge in [-0.05, 0) is 48.3 Å². The molecule has 8 nitrogen and oxygen atoms in total. The molecule has 1 fully saturated rings. The fourth-order valence-electron chi connectivity index (χ4n) is 4.94. The first-order chi connectivity index (χ1) is 17.1. The largest absolute Gasteiger partial charge is 0.351 e. The lowest BCUT2D eigenvalue weighted by molar-refractivity contribution is -0.144. The number of nitrogens with one attached hydrogen (secondary N) is 3. The minimum absolute atomic E-state index is 0.0132. The molecule has 3 rings (SSSR count). The van der Waals surface area contributed by atoms with E-state index in [0.29, 0.717) is 12.2 Å². The maximum Gasteiger partial charge on any atom is 0.268 e. The highest BCUT2D eigenvalue weighted by molar-refractivity contribution is 6.28. The second kappa shape index (κ2) is 10.5. The van der Waals surface area contributed by atoms with Crippen molar-refractivity contribution in [1.29, 1.82) is 0 Å². The van der Waals surface area contributed by atoms with Crippen LogP contribution in [0.15, 0.2) is 24.3 Å². The molecule has 2 heterocycles. The van der Waals surface area contributed by atoms with Gasteiger partial charge >= 0.3 is 0 Å². The molecule has 3 amide bonds. The number of halogens is 1. The number of nitrogens with zero attached hydrogens (tertiary/aromatic N) is 1. The Kier molecular flexibility index (Phi) is 8.13. The summed E-state index contributed by atoms with van der Waals surface area (Å²) in [5, 5.41) is 6.62. The van der Waals surface area contributed by atoms with Gasteiger partial charge < -0.3 is 20.5 Å². The summed E-state index contributed by atoms with van der Waals surface area (Å²) in [6.07, 6.45) is 0. The number of hydrogen-bond donors (Lipinski definition) is 3. The van der Waals surface area contributed by atoms with Crippen LogP contribution in [0.5, 0.6) is 0 Å². The van der Waals surface area contributed by atoms with Crippen LogP contribution >= 0.6 is 11.6 Å². The summed E-state index contributed by atoms with van der Waals surface area (Å²) in [6.45, 7) is 15.4. The smallest absolute Gasteiger partial charge is 0.268 e. The Morgan fingerprint density at radius 1 is 1.19 bits per heavy atom. The highest BCUT2D eigenvalue weighted by Gasteiger charge is 2.53. The fraction of sp³-hybridized carbons (Fsp3) is 0.571. The van der Waals surface area contributed by atoms with Crippen molar-refractivity contribution in [3.63, 3.8) is 0 Å². The number of rotatable bonds is 7. The number of aromatic nitrogens is 1. The van der Waals surface area contributed by atoms with Crippen LogP contribution in [-0.2, 0) is 14.4 Å². The summed E-state index contributed by atoms with van der Waals surface area (Å²) in [5.41, 5.74) is 1.07. The summed E-state index contributed by atoms with van der Waals surface area (Å²) in [4.78, 5) is 57.5. The molecular formula is C28H39ClN4O4. The number of fused-ring (bicyclic) bond motifs is 1. The number of amides is 3. The van der Waals surface area contributed by atoms with Gasteiger partial charge in [0.1, 0.15) is 17.8 Å². The molecule has 1 aromatic carbocycles. The van der Waals surface area contributed by atoms with Crippen LogP contribution in [0.2, 0.25) is 0 Å². The van der Waals surface area contributed by atoms with E-state index in [-0.39, 0.29) is 23.5 Å². The van der Waals surface area contributed by atoms with E-state index in [9.17, 15) is 19.2 Å². The molecule has 202 valence electrons. The number of Topliss-reactive ketones (excluding diaryl/α,β-unsaturated/α-hetero) is 1. The van der Waals surface area contributed by atoms with Crippen LogP contribution in [0.25, 0.3) is 10.9 Å². The maximum atomic E-state index is 14.0. The zero-order valence-corrected chi connectivity index (χ0v) is 23.7. The zero-order chi connectivity index (χ0) is 27.9. The Morgan fingerprint density at radius 2 is 1.84 bits per heavy atom. The van der Waals surface area contributed by atoms with Gasteiger partial charge in [0.2, 0.25) is 11.8 Å². The van der Waals surface area contributed by atoms with Crippen LogP contribution in [0.4, 0.5) is 0 Å². The van der Waals surface area contributed by atoms with Crippen molar-refractivity contribution in [2.24, 2.45) is 16.7 Å². The lowest BCUT2D eigenvalue weighted by atomic mass is 9.77. The second-order valence-electron chi connectivity index (χ2n) is 11.9. The molecule has 37 heavy (non-hydrogen) atoms. The average Bonchev–Trinajstić information content (AvgIpc) is 3.35. The minimum Gasteiger partial charge on any atom is -0.351 e. The van der Waals surface area contributed by atoms with Gasteiger partial charge in [-0.2, -0.15) is 0 Å². The fourth-order valence-corrected chi connectivity index (χ4v) is 5.18. The van der Waals surface area contributed by atoms with Gasteiger partial charge in [-0.15, -0.1) is 11.6 Å². The predicted octanol–water partition coefficient (Wildman–Crippen LogP) is 3.81. The summed E-state index contributed by atoms with van der Waals surface area (Å²) in [6, 6.07) is 5.12. The summed E-state index contributed by atoms with van der Waals surface area (Å²) >= 11 is 5.67. The number of hydrogen-bond acceptors (Lipinski definition) is 4. The van der Waals surface area contributed by atoms with Gasteiger partial charge in [0.25, 0.3) is 5.91 Å². The van der Waals surface area contributed by atoms with Crippen molar-refractivity contribution >= 4 is 46.0 Å². The van der Waals surface area contributed by atoms with Gasteiger partial charge in [0.15, 0.2) is 5.78 Å². The quantitative estimate of drug-likeness (QED) is 0.473. The number of likely N-dealkylation sites (tertiary alicyclic amines) is 1. The zero-order valence-electron chi connectivity index (χ0n) is 23.0. The molecule has 1 saturated heterocycles. The van der Waals surface area contributed by atoms with E-state index >= 15 is 0 Å². The third-order valence-corrected chi connectivity index (χ3v) is 8.04. The number of carbonyl (C=O) groups is 4. The molecule has 0 radical (unpaired) electrons. The summed E-state index contributed by atoms with van der Waals surface area (Å²) < 4.78 is 0. The van der Waals surface area contributed by atoms with Crippen LogP contribution in [0.3, 0.4) is 0 Å². The molecule has 1 aromatic heterocycles. The number of aryl methyl sites for hydroxylation is 1. The molecular weight excluding hydrogens is 492 g/mol. The van der Waals surface area contributed by atoms with E-state index in [1.54, 1.807) is 17.9 Å². The lowest BCUT2D eigenvalue weighted by Crippen LogP contribution is -2.60. The molecule has 1 aliphatic heterocycles. The standard InChI is InChI=1S/C28H39ClN4O4/c1-15-10-9-11-19-18(15)12-20(31-19)24(35)32-22(27(4,5)6)26(37)33-14-16(2)28(7,8)23(33)25(36)30-17(3)21(34)13-29/h9-12,16-17,22-23,31H,13-14H2,1-8H3,(H,30,36)(H,32,35)/t16-,17+,22-,23-/m1/s1. The van der Waals surface area contributed by atoms with Gasteiger partial charge in [0.05, 0.1) is 11.9 Å². The number of aromatic amines is 1. The van der Waals surface area contributed by atoms with Crippen LogP contribution < -0.4 is 10.6 Å². The molecule has 0 saturated carbocycles. The topological polar surface area (TPSA) is 111 Å². The van der Waals surface area contributed by atoms with E-state index < -0.39 is 40.8 Å². The molecule has 1 aliphatic rings. The third-order valence-electron chi connectivity index (χ3n) is 7.78. The second-order valence-corrected chi connectivity index (χ2v) is 12.2. The number of alkyl halides is 1. The first kappa shape index (κ1) is 28.7. The van der Waals surface area contributed by atoms with Gasteiger partial charge in [-0.1, -0.05) is 53.7 Å². The lowest BCUT2D eigenvalue weighted by Gasteiger charge is -2.38. The molecule has 4 atom stereocenters. The highest BCUT2D eigenvalue weighted by Crippen LogP contribution is 2.42. The van der Waals surface area contributed by atoms with E-state index in [2.05, 4.69) is 15.6 Å². The van der Waals surface area contributed by atoms with Crippen LogP contribution in [0, 0.1) is 23.7 Å². The minimum atomic E-state index is -0.884. The van der Waals surface area contributed by atoms with Gasteiger partial charge in [-0.3, -0.25) is 19.2 Å². The van der Waals surface area contributed by atoms with Crippen molar-refractivity contribution < 1.29 is 19.2 Å². The Hall–Kier alpha value is -2.87. The Balaban J connectivity index is 1.91. The maximum absolute atomic E-state index is 14.0. The van der Waals surface area contributed by atoms with Crippen molar-refractivity contribution in [3.8, 4) is 0 Å². The van der Waals surface area contributed by atoms with E-state index in [0.717, 1.165) is 16.5 Å². The van der Waals surface area contributed by atoms with E-state index in [4.69, 9.17) is 11.6 Å². The number of carbonyl (C=O) groups excluding carboxylic acids is 4. The molecule has 9 heteroatoms. The normalized spacial score (nSPS) is 20.9. The summed E-state index contributed by atoms with van der Waals surface area (Å²) in [5.74, 6) is -1.62. The molecule has 0 bridgehead atoms. The first-order valence-corrected chi connectivity index (χ1v) is 13.2. The number of benzene rings is 1. The van der Waals surface area contributed by atoms with Crippen molar-refractivity contribution in [2.75, 3.05) is 12.4 Å². The number of H-pyrrole nitrogens is 1. The van der Waals surface area contributed by atoms with E-state index in [1.807, 2.05) is 66.7 Å². The van der Waals surface area contributed by atoms with Crippen LogP contribution in [-0.4, -0.2) is 63.9 Å². The van der Waals surface area contributed by atoms with Crippen LogP contribution in [0.1, 0.15) is 64.5 Å². The average molecular weight is 531 g/mol. The molecule has 0 unspecified atom stereocenters. The van der Waals surface area contributed by atoms with Crippen molar-refractivity contribution in [2.45, 2.75) is 73.5 Å². The Labute approximate surface area is 223 Å². The van der Waals surface area contributed by atoms with Gasteiger partial charge in [0, 0.05) is 17.4 Å². The Bertz CT molecular complexity index is 1210. The van der Waals surface area contributed by atoms with E-state index in [1.165, 1.54) is 0 Å². The predicted molar refractivity (Wildman–Crippen MR) is 146 cm³/mol. The van der Waals surface area contributed by atoms with Gasteiger partial charge in [-0.25, -0.2) is 0 Å². The Morgan fingerprint density at radius 3 is 2.41 bits per heavy atom. The third kappa shape index (κ3) is 5.69. The SMILES string of the molecule is Cc1cccc2[nH]c(C(=O)N[C@H](C(=O)N3C[C@@H](C)C(C)(C)[C@H]3C(=O)N[C@@H](C)C(=O)CCl)C(C)(C)C)cc12. The molecule has 0 spiro atoms.